The number of likely N-dealkylation sites (tertiary alicyclic amines) is 1. The number of hydrogen-bond acceptors (Lipinski definition) is 3. The molecular weight excluding hydrogens is 152 g/mol. The van der Waals surface area contributed by atoms with Gasteiger partial charge in [0.15, 0.2) is 0 Å². The Morgan fingerprint density at radius 3 is 3.08 bits per heavy atom. The van der Waals surface area contributed by atoms with E-state index in [9.17, 15) is 0 Å². The van der Waals surface area contributed by atoms with E-state index in [1.54, 1.807) is 0 Å². The fraction of sp³-hybridized carbons (Fsp3) is 1.00. The molecule has 2 N–H and O–H groups in total. The summed E-state index contributed by atoms with van der Waals surface area (Å²) in [5.74, 6) is 0. The van der Waals surface area contributed by atoms with Crippen LogP contribution in [0.4, 0.5) is 0 Å². The molecule has 1 atom stereocenters. The first-order valence-corrected chi connectivity index (χ1v) is 4.93. The van der Waals surface area contributed by atoms with Crippen molar-refractivity contribution in [2.24, 2.45) is 0 Å². The monoisotopic (exact) mass is 172 g/mol. The van der Waals surface area contributed by atoms with Gasteiger partial charge in [-0.25, -0.2) is 0 Å². The second-order valence-corrected chi connectivity index (χ2v) is 3.41. The Morgan fingerprint density at radius 2 is 2.42 bits per heavy atom. The number of nitrogens with one attached hydrogen (secondary N) is 1. The molecule has 1 rings (SSSR count). The molecule has 1 saturated heterocycles. The van der Waals surface area contributed by atoms with E-state index in [0.29, 0.717) is 6.04 Å². The fourth-order valence-electron chi connectivity index (χ4n) is 1.78. The van der Waals surface area contributed by atoms with Gasteiger partial charge in [-0.05, 0) is 25.9 Å². The summed E-state index contributed by atoms with van der Waals surface area (Å²) in [5.41, 5.74) is 0. The molecule has 1 heterocycles. The number of likely N-dealkylation sites (N-methyl/N-ethyl adjacent to an activating group) is 1. The molecule has 0 saturated carbocycles. The van der Waals surface area contributed by atoms with Crippen LogP contribution in [-0.4, -0.2) is 48.8 Å². The number of hydrogen-bond donors (Lipinski definition) is 2. The first-order chi connectivity index (χ1) is 5.86. The lowest BCUT2D eigenvalue weighted by molar-refractivity contribution is 0.190. The quantitative estimate of drug-likeness (QED) is 0.629. The van der Waals surface area contributed by atoms with E-state index < -0.39 is 0 Å². The Balaban J connectivity index is 2.16. The molecular formula is C9H20N2O. The summed E-state index contributed by atoms with van der Waals surface area (Å²) < 4.78 is 0. The van der Waals surface area contributed by atoms with Crippen LogP contribution in [0.2, 0.25) is 0 Å². The van der Waals surface area contributed by atoms with E-state index in [0.717, 1.165) is 19.6 Å². The van der Waals surface area contributed by atoms with Crippen molar-refractivity contribution in [3.05, 3.63) is 0 Å². The fourth-order valence-corrected chi connectivity index (χ4v) is 1.78. The largest absolute Gasteiger partial charge is 0.395 e. The molecule has 0 amide bonds. The Morgan fingerprint density at radius 1 is 1.58 bits per heavy atom. The molecule has 0 radical (unpaired) electrons. The molecule has 0 spiro atoms. The lowest BCUT2D eigenvalue weighted by atomic mass is 10.1. The zero-order valence-electron chi connectivity index (χ0n) is 7.92. The summed E-state index contributed by atoms with van der Waals surface area (Å²) in [6.07, 6.45) is 2.55. The van der Waals surface area contributed by atoms with Crippen LogP contribution in [0.15, 0.2) is 0 Å². The number of rotatable bonds is 4. The topological polar surface area (TPSA) is 35.5 Å². The smallest absolute Gasteiger partial charge is 0.0556 e. The van der Waals surface area contributed by atoms with E-state index in [4.69, 9.17) is 5.11 Å². The van der Waals surface area contributed by atoms with Gasteiger partial charge in [-0.3, -0.25) is 0 Å². The molecule has 1 fully saturated rings. The minimum absolute atomic E-state index is 0.253. The van der Waals surface area contributed by atoms with E-state index in [1.165, 1.54) is 19.4 Å². The third-order valence-electron chi connectivity index (χ3n) is 2.50. The van der Waals surface area contributed by atoms with Crippen LogP contribution >= 0.6 is 0 Å². The van der Waals surface area contributed by atoms with Gasteiger partial charge in [-0.15, -0.1) is 0 Å². The zero-order chi connectivity index (χ0) is 8.81. The van der Waals surface area contributed by atoms with Gasteiger partial charge < -0.3 is 15.3 Å². The van der Waals surface area contributed by atoms with Crippen molar-refractivity contribution in [1.29, 1.82) is 0 Å². The summed E-state index contributed by atoms with van der Waals surface area (Å²) in [5, 5.41) is 12.0. The lowest BCUT2D eigenvalue weighted by Gasteiger charge is -2.32. The maximum absolute atomic E-state index is 8.64. The molecule has 3 heteroatoms. The molecule has 3 nitrogen and oxygen atoms in total. The minimum Gasteiger partial charge on any atom is -0.395 e. The van der Waals surface area contributed by atoms with Crippen LogP contribution in [0, 0.1) is 0 Å². The molecule has 12 heavy (non-hydrogen) atoms. The van der Waals surface area contributed by atoms with E-state index in [-0.39, 0.29) is 6.61 Å². The maximum atomic E-state index is 8.64. The molecule has 1 aliphatic rings. The van der Waals surface area contributed by atoms with E-state index in [2.05, 4.69) is 17.1 Å². The van der Waals surface area contributed by atoms with Crippen molar-refractivity contribution in [1.82, 2.24) is 10.2 Å². The Labute approximate surface area is 74.8 Å². The summed E-state index contributed by atoms with van der Waals surface area (Å²) >= 11 is 0. The highest BCUT2D eigenvalue weighted by molar-refractivity contribution is 4.76. The summed E-state index contributed by atoms with van der Waals surface area (Å²) in [6.45, 7) is 6.74. The maximum Gasteiger partial charge on any atom is 0.0556 e. The number of aliphatic hydroxyl groups excluding tert-OH is 1. The first-order valence-electron chi connectivity index (χ1n) is 4.93. The van der Waals surface area contributed by atoms with Gasteiger partial charge in [0.2, 0.25) is 0 Å². The summed E-state index contributed by atoms with van der Waals surface area (Å²) in [4.78, 5) is 2.46. The highest BCUT2D eigenvalue weighted by Crippen LogP contribution is 2.08. The van der Waals surface area contributed by atoms with Crippen LogP contribution in [-0.2, 0) is 0 Å². The third kappa shape index (κ3) is 3.09. The molecule has 0 aromatic carbocycles. The Bertz CT molecular complexity index is 119. The molecule has 0 aromatic rings. The van der Waals surface area contributed by atoms with Crippen LogP contribution < -0.4 is 5.32 Å². The van der Waals surface area contributed by atoms with Crippen molar-refractivity contribution in [3.63, 3.8) is 0 Å². The highest BCUT2D eigenvalue weighted by Gasteiger charge is 2.17. The molecule has 1 aliphatic heterocycles. The van der Waals surface area contributed by atoms with E-state index >= 15 is 0 Å². The highest BCUT2D eigenvalue weighted by atomic mass is 16.3. The molecule has 72 valence electrons. The average molecular weight is 172 g/mol. The van der Waals surface area contributed by atoms with Crippen molar-refractivity contribution >= 4 is 0 Å². The Hall–Kier alpha value is -0.120. The molecule has 1 unspecified atom stereocenters. The van der Waals surface area contributed by atoms with Crippen molar-refractivity contribution in [3.8, 4) is 0 Å². The van der Waals surface area contributed by atoms with Gasteiger partial charge in [0.25, 0.3) is 0 Å². The second-order valence-electron chi connectivity index (χ2n) is 3.41. The van der Waals surface area contributed by atoms with Crippen LogP contribution in [0.25, 0.3) is 0 Å². The number of nitrogens with zero attached hydrogens (tertiary/aromatic N) is 1. The lowest BCUT2D eigenvalue weighted by Crippen LogP contribution is -2.46. The van der Waals surface area contributed by atoms with Gasteiger partial charge in [0, 0.05) is 19.1 Å². The standard InChI is InChI=1S/C9H20N2O/c1-2-11-6-3-4-9(8-11)10-5-7-12/h9-10,12H,2-8H2,1H3. The number of piperidine rings is 1. The third-order valence-corrected chi connectivity index (χ3v) is 2.50. The molecule has 0 aliphatic carbocycles. The number of aliphatic hydroxyl groups is 1. The molecule has 0 aromatic heterocycles. The average Bonchev–Trinajstić information content (AvgIpc) is 2.15. The summed E-state index contributed by atoms with van der Waals surface area (Å²) in [6, 6.07) is 0.603. The van der Waals surface area contributed by atoms with Crippen molar-refractivity contribution in [2.45, 2.75) is 25.8 Å². The minimum atomic E-state index is 0.253. The van der Waals surface area contributed by atoms with Gasteiger partial charge in [-0.1, -0.05) is 6.92 Å². The Kier molecular flexibility index (Phi) is 4.58. The normalized spacial score (nSPS) is 26.0. The van der Waals surface area contributed by atoms with Crippen LogP contribution in [0.1, 0.15) is 19.8 Å². The van der Waals surface area contributed by atoms with Crippen LogP contribution in [0.5, 0.6) is 0 Å². The van der Waals surface area contributed by atoms with Gasteiger partial charge >= 0.3 is 0 Å². The summed E-state index contributed by atoms with van der Waals surface area (Å²) in [7, 11) is 0. The van der Waals surface area contributed by atoms with Crippen molar-refractivity contribution in [2.75, 3.05) is 32.8 Å². The van der Waals surface area contributed by atoms with Gasteiger partial charge in [-0.2, -0.15) is 0 Å². The predicted octanol–water partition coefficient (Wildman–Crippen LogP) is 0.0526. The van der Waals surface area contributed by atoms with Crippen molar-refractivity contribution < 1.29 is 5.11 Å². The van der Waals surface area contributed by atoms with Gasteiger partial charge in [0.1, 0.15) is 0 Å². The van der Waals surface area contributed by atoms with Crippen LogP contribution in [0.3, 0.4) is 0 Å². The predicted molar refractivity (Wildman–Crippen MR) is 50.2 cm³/mol. The first kappa shape index (κ1) is 9.96. The second kappa shape index (κ2) is 5.51. The van der Waals surface area contributed by atoms with Gasteiger partial charge in [0.05, 0.1) is 6.61 Å². The van der Waals surface area contributed by atoms with E-state index in [1.807, 2.05) is 0 Å². The SMILES string of the molecule is CCN1CCCC(NCCO)C1. The zero-order valence-corrected chi connectivity index (χ0v) is 7.92. The molecule has 0 bridgehead atoms.